The first-order valence-corrected chi connectivity index (χ1v) is 8.92. The van der Waals surface area contributed by atoms with Crippen molar-refractivity contribution in [3.8, 4) is 11.5 Å². The summed E-state index contributed by atoms with van der Waals surface area (Å²) in [6.07, 6.45) is 3.15. The first-order chi connectivity index (χ1) is 13.1. The number of likely N-dealkylation sites (tertiary alicyclic amines) is 1. The number of hydrogen-bond acceptors (Lipinski definition) is 5. The smallest absolute Gasteiger partial charge is 0.274 e. The number of benzene rings is 1. The van der Waals surface area contributed by atoms with Crippen molar-refractivity contribution >= 4 is 17.5 Å². The Kier molecular flexibility index (Phi) is 5.90. The van der Waals surface area contributed by atoms with Crippen LogP contribution in [0.2, 0.25) is 0 Å². The van der Waals surface area contributed by atoms with E-state index in [1.54, 1.807) is 48.4 Å². The Labute approximate surface area is 158 Å². The lowest BCUT2D eigenvalue weighted by molar-refractivity contribution is 0.0718. The first-order valence-electron chi connectivity index (χ1n) is 8.92. The van der Waals surface area contributed by atoms with Gasteiger partial charge in [-0.2, -0.15) is 0 Å². The van der Waals surface area contributed by atoms with Crippen molar-refractivity contribution in [1.82, 2.24) is 9.88 Å². The summed E-state index contributed by atoms with van der Waals surface area (Å²) in [7, 11) is 3.07. The van der Waals surface area contributed by atoms with E-state index in [2.05, 4.69) is 10.3 Å². The Morgan fingerprint density at radius 3 is 2.37 bits per heavy atom. The number of piperidine rings is 1. The van der Waals surface area contributed by atoms with E-state index in [-0.39, 0.29) is 17.3 Å². The minimum Gasteiger partial charge on any atom is -0.493 e. The highest BCUT2D eigenvalue weighted by atomic mass is 16.5. The Morgan fingerprint density at radius 1 is 0.963 bits per heavy atom. The zero-order valence-corrected chi connectivity index (χ0v) is 15.5. The number of amides is 2. The maximum Gasteiger partial charge on any atom is 0.274 e. The van der Waals surface area contributed by atoms with Gasteiger partial charge in [0.15, 0.2) is 11.5 Å². The third-order valence-corrected chi connectivity index (χ3v) is 4.49. The first kappa shape index (κ1) is 18.7. The predicted octanol–water partition coefficient (Wildman–Crippen LogP) is 2.98. The van der Waals surface area contributed by atoms with Crippen LogP contribution in [-0.2, 0) is 0 Å². The summed E-state index contributed by atoms with van der Waals surface area (Å²) in [6, 6.07) is 9.99. The number of aromatic nitrogens is 1. The average Bonchev–Trinajstić information content (AvgIpc) is 2.73. The van der Waals surface area contributed by atoms with Crippen LogP contribution in [0.4, 0.5) is 5.69 Å². The molecule has 2 amide bonds. The fraction of sp³-hybridized carbons (Fsp3) is 0.350. The molecule has 7 nitrogen and oxygen atoms in total. The van der Waals surface area contributed by atoms with E-state index in [4.69, 9.17) is 9.47 Å². The number of nitrogens with one attached hydrogen (secondary N) is 1. The van der Waals surface area contributed by atoms with Gasteiger partial charge in [0.2, 0.25) is 0 Å². The van der Waals surface area contributed by atoms with Gasteiger partial charge < -0.3 is 19.7 Å². The van der Waals surface area contributed by atoms with Crippen LogP contribution in [0, 0.1) is 0 Å². The SMILES string of the molecule is COc1ccc(NC(=O)c2cccc(C(=O)N3CCCCC3)n2)cc1OC. The third kappa shape index (κ3) is 4.36. The Balaban J connectivity index is 1.74. The van der Waals surface area contributed by atoms with E-state index in [9.17, 15) is 9.59 Å². The van der Waals surface area contributed by atoms with Crippen LogP contribution in [0.25, 0.3) is 0 Å². The van der Waals surface area contributed by atoms with Crippen LogP contribution in [0.5, 0.6) is 11.5 Å². The molecule has 0 bridgehead atoms. The number of ether oxygens (including phenoxy) is 2. The number of anilines is 1. The molecule has 0 spiro atoms. The van der Waals surface area contributed by atoms with Crippen molar-refractivity contribution < 1.29 is 19.1 Å². The monoisotopic (exact) mass is 369 g/mol. The van der Waals surface area contributed by atoms with Gasteiger partial charge in [0.25, 0.3) is 11.8 Å². The number of rotatable bonds is 5. The van der Waals surface area contributed by atoms with E-state index in [0.29, 0.717) is 17.2 Å². The molecule has 1 aromatic carbocycles. The highest BCUT2D eigenvalue weighted by Crippen LogP contribution is 2.29. The molecule has 1 aliphatic heterocycles. The summed E-state index contributed by atoms with van der Waals surface area (Å²) in [5, 5.41) is 2.77. The molecule has 2 heterocycles. The molecule has 0 saturated carbocycles. The molecule has 1 aromatic heterocycles. The van der Waals surface area contributed by atoms with Crippen molar-refractivity contribution in [2.75, 3.05) is 32.6 Å². The van der Waals surface area contributed by atoms with Gasteiger partial charge >= 0.3 is 0 Å². The number of methoxy groups -OCH3 is 2. The molecule has 2 aromatic rings. The molecule has 0 radical (unpaired) electrons. The van der Waals surface area contributed by atoms with E-state index in [1.807, 2.05) is 0 Å². The van der Waals surface area contributed by atoms with Crippen LogP contribution >= 0.6 is 0 Å². The summed E-state index contributed by atoms with van der Waals surface area (Å²) in [5.74, 6) is 0.561. The third-order valence-electron chi connectivity index (χ3n) is 4.49. The second-order valence-electron chi connectivity index (χ2n) is 6.28. The molecular weight excluding hydrogens is 346 g/mol. The van der Waals surface area contributed by atoms with Crippen LogP contribution in [0.1, 0.15) is 40.2 Å². The second-order valence-corrected chi connectivity index (χ2v) is 6.28. The molecular formula is C20H23N3O4. The van der Waals surface area contributed by atoms with Gasteiger partial charge in [0.05, 0.1) is 14.2 Å². The van der Waals surface area contributed by atoms with Gasteiger partial charge in [-0.15, -0.1) is 0 Å². The number of hydrogen-bond donors (Lipinski definition) is 1. The maximum atomic E-state index is 12.6. The molecule has 0 aliphatic carbocycles. The number of pyridine rings is 1. The number of nitrogens with zero attached hydrogens (tertiary/aromatic N) is 2. The fourth-order valence-electron chi connectivity index (χ4n) is 3.05. The Morgan fingerprint density at radius 2 is 1.67 bits per heavy atom. The number of carbonyl (C=O) groups excluding carboxylic acids is 2. The van der Waals surface area contributed by atoms with Crippen molar-refractivity contribution in [1.29, 1.82) is 0 Å². The van der Waals surface area contributed by atoms with Gasteiger partial charge in [-0.25, -0.2) is 4.98 Å². The van der Waals surface area contributed by atoms with Crippen molar-refractivity contribution in [2.45, 2.75) is 19.3 Å². The van der Waals surface area contributed by atoms with Crippen LogP contribution in [0.15, 0.2) is 36.4 Å². The van der Waals surface area contributed by atoms with E-state index in [1.165, 1.54) is 7.11 Å². The molecule has 0 unspecified atom stereocenters. The Hall–Kier alpha value is -3.09. The standard InChI is InChI=1S/C20H23N3O4/c1-26-17-10-9-14(13-18(17)27-2)21-19(24)15-7-6-8-16(22-15)20(25)23-11-4-3-5-12-23/h6-10,13H,3-5,11-12H2,1-2H3,(H,21,24). The van der Waals surface area contributed by atoms with Crippen LogP contribution < -0.4 is 14.8 Å². The largest absolute Gasteiger partial charge is 0.493 e. The van der Waals surface area contributed by atoms with Gasteiger partial charge in [0, 0.05) is 24.8 Å². The summed E-state index contributed by atoms with van der Waals surface area (Å²) in [4.78, 5) is 31.2. The quantitative estimate of drug-likeness (QED) is 0.876. The lowest BCUT2D eigenvalue weighted by atomic mass is 10.1. The molecule has 0 atom stereocenters. The highest BCUT2D eigenvalue weighted by Gasteiger charge is 2.20. The van der Waals surface area contributed by atoms with Crippen molar-refractivity contribution in [2.24, 2.45) is 0 Å². The minimum absolute atomic E-state index is 0.129. The highest BCUT2D eigenvalue weighted by molar-refractivity contribution is 6.04. The Bertz CT molecular complexity index is 832. The molecule has 1 N–H and O–H groups in total. The topological polar surface area (TPSA) is 80.8 Å². The molecule has 1 fully saturated rings. The van der Waals surface area contributed by atoms with Crippen molar-refractivity contribution in [3.05, 3.63) is 47.8 Å². The molecule has 142 valence electrons. The van der Waals surface area contributed by atoms with E-state index in [0.717, 1.165) is 32.4 Å². The lowest BCUT2D eigenvalue weighted by Crippen LogP contribution is -2.36. The normalized spacial score (nSPS) is 13.8. The summed E-state index contributed by atoms with van der Waals surface area (Å²) < 4.78 is 10.4. The maximum absolute atomic E-state index is 12.6. The minimum atomic E-state index is -0.393. The molecule has 3 rings (SSSR count). The van der Waals surface area contributed by atoms with Crippen LogP contribution in [-0.4, -0.2) is 49.0 Å². The predicted molar refractivity (Wildman–Crippen MR) is 101 cm³/mol. The molecule has 1 saturated heterocycles. The molecule has 7 heteroatoms. The zero-order valence-electron chi connectivity index (χ0n) is 15.5. The second kappa shape index (κ2) is 8.53. The summed E-state index contributed by atoms with van der Waals surface area (Å²) >= 11 is 0. The summed E-state index contributed by atoms with van der Waals surface area (Å²) in [5.41, 5.74) is 1.02. The molecule has 27 heavy (non-hydrogen) atoms. The average molecular weight is 369 g/mol. The van der Waals surface area contributed by atoms with Gasteiger partial charge in [-0.05, 0) is 43.5 Å². The van der Waals surface area contributed by atoms with Crippen LogP contribution in [0.3, 0.4) is 0 Å². The van der Waals surface area contributed by atoms with Gasteiger partial charge in [0.1, 0.15) is 11.4 Å². The van der Waals surface area contributed by atoms with Crippen molar-refractivity contribution in [3.63, 3.8) is 0 Å². The van der Waals surface area contributed by atoms with Gasteiger partial charge in [-0.1, -0.05) is 6.07 Å². The van der Waals surface area contributed by atoms with E-state index < -0.39 is 5.91 Å². The number of carbonyl (C=O) groups is 2. The van der Waals surface area contributed by atoms with Gasteiger partial charge in [-0.3, -0.25) is 9.59 Å². The zero-order chi connectivity index (χ0) is 19.2. The fourth-order valence-corrected chi connectivity index (χ4v) is 3.05. The lowest BCUT2D eigenvalue weighted by Gasteiger charge is -2.26. The van der Waals surface area contributed by atoms with E-state index >= 15 is 0 Å². The molecule has 1 aliphatic rings. The summed E-state index contributed by atoms with van der Waals surface area (Å²) in [6.45, 7) is 1.48.